The van der Waals surface area contributed by atoms with Crippen LogP contribution < -0.4 is 0 Å². The van der Waals surface area contributed by atoms with E-state index in [1.165, 1.54) is 0 Å². The molecule has 0 fully saturated rings. The van der Waals surface area contributed by atoms with Gasteiger partial charge in [-0.15, -0.1) is 0 Å². The van der Waals surface area contributed by atoms with E-state index < -0.39 is 0 Å². The lowest BCUT2D eigenvalue weighted by atomic mass is 10.1. The summed E-state index contributed by atoms with van der Waals surface area (Å²) in [5.74, 6) is 1.73. The fraction of sp³-hybridized carbons (Fsp3) is 0. The maximum absolute atomic E-state index is 7.61. The summed E-state index contributed by atoms with van der Waals surface area (Å²) < 4.78 is 4.39. The number of hydrogen-bond donors (Lipinski definition) is 0. The van der Waals surface area contributed by atoms with Gasteiger partial charge in [0.05, 0.1) is 34.3 Å². The fourth-order valence-corrected chi connectivity index (χ4v) is 6.59. The number of fused-ring (bicyclic) bond motifs is 6. The smallest absolute Gasteiger partial charge is 0.238 e. The first-order chi connectivity index (χ1) is 22.8. The number of nitrogens with zero attached hydrogens (tertiary/aromatic N) is 6. The Balaban J connectivity index is 1.36. The molecule has 0 amide bonds. The van der Waals surface area contributed by atoms with Crippen LogP contribution in [0, 0.1) is 6.57 Å². The minimum Gasteiger partial charge on any atom is -0.309 e. The Bertz CT molecular complexity index is 2600. The molecular weight excluding hydrogens is 564 g/mol. The summed E-state index contributed by atoms with van der Waals surface area (Å²) in [5.41, 5.74) is 7.48. The minimum absolute atomic E-state index is 0.556. The van der Waals surface area contributed by atoms with Crippen LogP contribution in [0.1, 0.15) is 0 Å². The van der Waals surface area contributed by atoms with Crippen LogP contribution in [0.3, 0.4) is 0 Å². The highest BCUT2D eigenvalue weighted by atomic mass is 15.2. The Labute approximate surface area is 264 Å². The molecule has 0 N–H and O–H groups in total. The first-order valence-electron chi connectivity index (χ1n) is 15.1. The van der Waals surface area contributed by atoms with Crippen LogP contribution in [-0.4, -0.2) is 24.1 Å². The molecule has 6 nitrogen and oxygen atoms in total. The summed E-state index contributed by atoms with van der Waals surface area (Å²) in [7, 11) is 0. The molecule has 0 aliphatic heterocycles. The number of rotatable bonds is 4. The molecule has 0 atom stereocenters. The highest BCUT2D eigenvalue weighted by Gasteiger charge is 2.21. The lowest BCUT2D eigenvalue weighted by Gasteiger charge is -2.15. The molecule has 6 heteroatoms. The van der Waals surface area contributed by atoms with E-state index >= 15 is 0 Å². The first-order valence-corrected chi connectivity index (χ1v) is 15.1. The largest absolute Gasteiger partial charge is 0.309 e. The molecule has 0 aliphatic carbocycles. The summed E-state index contributed by atoms with van der Waals surface area (Å²) in [6.07, 6.45) is 0. The molecule has 0 saturated heterocycles. The van der Waals surface area contributed by atoms with Crippen molar-refractivity contribution in [1.82, 2.24) is 24.1 Å². The van der Waals surface area contributed by atoms with Gasteiger partial charge in [-0.05, 0) is 47.9 Å². The van der Waals surface area contributed by atoms with E-state index in [1.807, 2.05) is 72.8 Å². The van der Waals surface area contributed by atoms with Crippen LogP contribution in [0.4, 0.5) is 5.69 Å². The number of benzene rings is 6. The summed E-state index contributed by atoms with van der Waals surface area (Å²) in [6, 6.07) is 49.3. The third kappa shape index (κ3) is 3.93. The highest BCUT2D eigenvalue weighted by Crippen LogP contribution is 2.38. The van der Waals surface area contributed by atoms with E-state index in [9.17, 15) is 0 Å². The lowest BCUT2D eigenvalue weighted by Crippen LogP contribution is -2.07. The van der Waals surface area contributed by atoms with E-state index in [4.69, 9.17) is 21.5 Å². The minimum atomic E-state index is 0.556. The first kappa shape index (κ1) is 25.9. The molecule has 3 heterocycles. The quantitative estimate of drug-likeness (QED) is 0.192. The van der Waals surface area contributed by atoms with Gasteiger partial charge < -0.3 is 4.57 Å². The van der Waals surface area contributed by atoms with Crippen molar-refractivity contribution in [2.45, 2.75) is 0 Å². The molecule has 6 aromatic carbocycles. The second-order valence-corrected chi connectivity index (χ2v) is 11.2. The molecule has 0 saturated carbocycles. The Morgan fingerprint density at radius 3 is 1.70 bits per heavy atom. The van der Waals surface area contributed by atoms with Gasteiger partial charge in [0.2, 0.25) is 5.95 Å². The Kier molecular flexibility index (Phi) is 5.77. The van der Waals surface area contributed by atoms with Gasteiger partial charge >= 0.3 is 0 Å². The van der Waals surface area contributed by atoms with Crippen molar-refractivity contribution in [3.05, 3.63) is 157 Å². The molecule has 46 heavy (non-hydrogen) atoms. The third-order valence-electron chi connectivity index (χ3n) is 8.61. The van der Waals surface area contributed by atoms with E-state index in [0.29, 0.717) is 23.3 Å². The molecule has 0 radical (unpaired) electrons. The Morgan fingerprint density at radius 1 is 0.457 bits per heavy atom. The third-order valence-corrected chi connectivity index (χ3v) is 8.61. The lowest BCUT2D eigenvalue weighted by molar-refractivity contribution is 0.951. The van der Waals surface area contributed by atoms with Gasteiger partial charge in [-0.1, -0.05) is 103 Å². The average molecular weight is 589 g/mol. The maximum Gasteiger partial charge on any atom is 0.238 e. The predicted molar refractivity (Wildman–Crippen MR) is 186 cm³/mol. The number of aromatic nitrogens is 5. The van der Waals surface area contributed by atoms with Crippen molar-refractivity contribution in [2.24, 2.45) is 0 Å². The second-order valence-electron chi connectivity index (χ2n) is 11.2. The molecule has 9 rings (SSSR count). The molecule has 0 spiro atoms. The summed E-state index contributed by atoms with van der Waals surface area (Å²) in [4.78, 5) is 19.1. The van der Waals surface area contributed by atoms with E-state index in [1.54, 1.807) is 0 Å². The zero-order valence-corrected chi connectivity index (χ0v) is 24.5. The van der Waals surface area contributed by atoms with E-state index in [-0.39, 0.29) is 0 Å². The van der Waals surface area contributed by atoms with Crippen LogP contribution in [0.5, 0.6) is 0 Å². The van der Waals surface area contributed by atoms with Gasteiger partial charge in [0, 0.05) is 27.3 Å². The molecule has 0 aliphatic rings. The zero-order chi connectivity index (χ0) is 30.6. The fourth-order valence-electron chi connectivity index (χ4n) is 6.59. The molecule has 9 aromatic rings. The van der Waals surface area contributed by atoms with Crippen molar-refractivity contribution in [1.29, 1.82) is 0 Å². The van der Waals surface area contributed by atoms with Crippen LogP contribution >= 0.6 is 0 Å². The van der Waals surface area contributed by atoms with E-state index in [0.717, 1.165) is 60.4 Å². The normalized spacial score (nSPS) is 11.5. The molecular formula is C40H24N6. The highest BCUT2D eigenvalue weighted by molar-refractivity contribution is 6.11. The number of para-hydroxylation sites is 4. The van der Waals surface area contributed by atoms with Gasteiger partial charge in [0.25, 0.3) is 0 Å². The van der Waals surface area contributed by atoms with Gasteiger partial charge in [-0.3, -0.25) is 4.57 Å². The van der Waals surface area contributed by atoms with Crippen molar-refractivity contribution >= 4 is 49.3 Å². The van der Waals surface area contributed by atoms with E-state index in [2.05, 4.69) is 86.8 Å². The molecule has 3 aromatic heterocycles. The van der Waals surface area contributed by atoms with Crippen LogP contribution in [0.15, 0.2) is 146 Å². The standard InChI is InChI=1S/C40H24N6/c1-41-27-23-24-37-32(25-27)30-17-7-9-19-33(30)45(37)36-22-12-8-18-31(36)39-42-38(26-13-3-2-4-14-26)43-40(44-39)46-34-20-10-5-15-28(34)29-16-6-11-21-35(29)46/h2-25H. The zero-order valence-electron chi connectivity index (χ0n) is 24.5. The summed E-state index contributed by atoms with van der Waals surface area (Å²) in [5, 5.41) is 4.41. The predicted octanol–water partition coefficient (Wildman–Crippen LogP) is 9.95. The van der Waals surface area contributed by atoms with Gasteiger partial charge in [0.1, 0.15) is 0 Å². The van der Waals surface area contributed by atoms with Gasteiger partial charge in [0.15, 0.2) is 17.3 Å². The maximum atomic E-state index is 7.61. The van der Waals surface area contributed by atoms with Gasteiger partial charge in [-0.25, -0.2) is 9.83 Å². The molecule has 214 valence electrons. The van der Waals surface area contributed by atoms with Crippen LogP contribution in [0.25, 0.3) is 82.9 Å². The Morgan fingerprint density at radius 2 is 1.00 bits per heavy atom. The van der Waals surface area contributed by atoms with Crippen LogP contribution in [0.2, 0.25) is 0 Å². The van der Waals surface area contributed by atoms with Crippen molar-refractivity contribution < 1.29 is 0 Å². The van der Waals surface area contributed by atoms with Crippen molar-refractivity contribution in [2.75, 3.05) is 0 Å². The molecule has 0 unspecified atom stereocenters. The summed E-state index contributed by atoms with van der Waals surface area (Å²) >= 11 is 0. The van der Waals surface area contributed by atoms with Crippen molar-refractivity contribution in [3.8, 4) is 34.4 Å². The average Bonchev–Trinajstić information content (AvgIpc) is 3.64. The topological polar surface area (TPSA) is 52.9 Å². The Hall–Kier alpha value is -6.58. The SMILES string of the molecule is [C-]#[N+]c1ccc2c(c1)c1ccccc1n2-c1ccccc1-c1nc(-c2ccccc2)nc(-n2c3ccccc3c3ccccc32)n1. The molecule has 0 bridgehead atoms. The monoisotopic (exact) mass is 588 g/mol. The van der Waals surface area contributed by atoms with Crippen molar-refractivity contribution in [3.63, 3.8) is 0 Å². The van der Waals surface area contributed by atoms with Gasteiger partial charge in [-0.2, -0.15) is 9.97 Å². The summed E-state index contributed by atoms with van der Waals surface area (Å²) in [6.45, 7) is 7.61. The second kappa shape index (κ2) is 10.3. The number of hydrogen-bond acceptors (Lipinski definition) is 3. The van der Waals surface area contributed by atoms with Crippen LogP contribution in [-0.2, 0) is 0 Å².